The maximum atomic E-state index is 12.2. The second kappa shape index (κ2) is 10.8. The summed E-state index contributed by atoms with van der Waals surface area (Å²) >= 11 is 0. The van der Waals surface area contributed by atoms with Gasteiger partial charge in [0.05, 0.1) is 17.1 Å². The summed E-state index contributed by atoms with van der Waals surface area (Å²) in [6.45, 7) is 3.43. The van der Waals surface area contributed by atoms with Gasteiger partial charge in [0.1, 0.15) is 11.5 Å². The summed E-state index contributed by atoms with van der Waals surface area (Å²) in [5.74, 6) is 1.29. The lowest BCUT2D eigenvalue weighted by atomic mass is 9.98. The maximum absolute atomic E-state index is 12.2. The highest BCUT2D eigenvalue weighted by atomic mass is 32.2. The summed E-state index contributed by atoms with van der Waals surface area (Å²) in [5.41, 5.74) is 0.996. The molecule has 0 radical (unpaired) electrons. The fourth-order valence-corrected chi connectivity index (χ4v) is 4.54. The Kier molecular flexibility index (Phi) is 8.81. The number of hydrogen-bond acceptors (Lipinski definition) is 4. The van der Waals surface area contributed by atoms with E-state index >= 15 is 0 Å². The molecule has 0 heterocycles. The van der Waals surface area contributed by atoms with Gasteiger partial charge in [0.15, 0.2) is 9.84 Å². The second-order valence-electron chi connectivity index (χ2n) is 7.97. The molecule has 1 saturated carbocycles. The standard InChI is InChI=1S/C22H34O4S/c1-18(2)27(24,25)15-8-4-5-11-20(23)16-19-10-9-14-22(17-19)26-21-12-6-3-7-13-21/h9-10,14,17-18,21H,3-8,11-13,15-16H2,1-2H3. The topological polar surface area (TPSA) is 60.4 Å². The Morgan fingerprint density at radius 3 is 2.56 bits per heavy atom. The molecule has 0 aromatic heterocycles. The Balaban J connectivity index is 1.70. The highest BCUT2D eigenvalue weighted by Gasteiger charge is 2.16. The van der Waals surface area contributed by atoms with Gasteiger partial charge in [-0.15, -0.1) is 0 Å². The van der Waals surface area contributed by atoms with Crippen molar-refractivity contribution in [1.29, 1.82) is 0 Å². The molecule has 1 aliphatic carbocycles. The van der Waals surface area contributed by atoms with Crippen molar-refractivity contribution in [3.05, 3.63) is 29.8 Å². The summed E-state index contributed by atoms with van der Waals surface area (Å²) in [6.07, 6.45) is 9.44. The molecule has 0 saturated heterocycles. The summed E-state index contributed by atoms with van der Waals surface area (Å²) in [4.78, 5) is 12.2. The minimum atomic E-state index is -2.96. The quantitative estimate of drug-likeness (QED) is 0.501. The van der Waals surface area contributed by atoms with Gasteiger partial charge in [0, 0.05) is 12.8 Å². The number of carbonyl (C=O) groups excluding carboxylic acids is 1. The predicted octanol–water partition coefficient (Wildman–Crippen LogP) is 4.89. The van der Waals surface area contributed by atoms with Gasteiger partial charge in [-0.05, 0) is 70.1 Å². The van der Waals surface area contributed by atoms with Gasteiger partial charge in [-0.2, -0.15) is 0 Å². The van der Waals surface area contributed by atoms with E-state index in [2.05, 4.69) is 0 Å². The number of unbranched alkanes of at least 4 members (excludes halogenated alkanes) is 2. The van der Waals surface area contributed by atoms with Crippen LogP contribution in [0.1, 0.15) is 77.2 Å². The van der Waals surface area contributed by atoms with Crippen molar-refractivity contribution in [1.82, 2.24) is 0 Å². The van der Waals surface area contributed by atoms with Crippen molar-refractivity contribution >= 4 is 15.6 Å². The Morgan fingerprint density at radius 1 is 1.11 bits per heavy atom. The molecule has 0 unspecified atom stereocenters. The number of ketones is 1. The number of ether oxygens (including phenoxy) is 1. The van der Waals surface area contributed by atoms with Crippen molar-refractivity contribution in [2.24, 2.45) is 0 Å². The third-order valence-electron chi connectivity index (χ3n) is 5.26. The van der Waals surface area contributed by atoms with E-state index in [1.54, 1.807) is 13.8 Å². The van der Waals surface area contributed by atoms with Gasteiger partial charge < -0.3 is 4.74 Å². The largest absolute Gasteiger partial charge is 0.490 e. The molecule has 2 rings (SSSR count). The van der Waals surface area contributed by atoms with E-state index in [-0.39, 0.29) is 16.8 Å². The first-order valence-corrected chi connectivity index (χ1v) is 12.1. The highest BCUT2D eigenvalue weighted by Crippen LogP contribution is 2.24. The molecule has 5 heteroatoms. The monoisotopic (exact) mass is 394 g/mol. The Bertz CT molecular complexity index is 688. The molecule has 152 valence electrons. The zero-order valence-corrected chi connectivity index (χ0v) is 17.6. The van der Waals surface area contributed by atoms with Crippen LogP contribution in [-0.2, 0) is 21.1 Å². The SMILES string of the molecule is CC(C)S(=O)(=O)CCCCCC(=O)Cc1cccc(OC2CCCCC2)c1. The minimum absolute atomic E-state index is 0.205. The Morgan fingerprint density at radius 2 is 1.85 bits per heavy atom. The molecule has 1 aliphatic rings. The number of hydrogen-bond donors (Lipinski definition) is 0. The van der Waals surface area contributed by atoms with E-state index < -0.39 is 9.84 Å². The molecule has 27 heavy (non-hydrogen) atoms. The zero-order valence-electron chi connectivity index (χ0n) is 16.8. The summed E-state index contributed by atoms with van der Waals surface area (Å²) in [6, 6.07) is 7.89. The van der Waals surface area contributed by atoms with Crippen molar-refractivity contribution in [3.8, 4) is 5.75 Å². The molecule has 1 fully saturated rings. The van der Waals surface area contributed by atoms with Gasteiger partial charge in [0.2, 0.25) is 0 Å². The van der Waals surface area contributed by atoms with Gasteiger partial charge in [0.25, 0.3) is 0 Å². The molecule has 0 bridgehead atoms. The van der Waals surface area contributed by atoms with Gasteiger partial charge >= 0.3 is 0 Å². The molecular weight excluding hydrogens is 360 g/mol. The van der Waals surface area contributed by atoms with Crippen LogP contribution < -0.4 is 4.74 Å². The van der Waals surface area contributed by atoms with Crippen LogP contribution in [0.25, 0.3) is 0 Å². The van der Waals surface area contributed by atoms with E-state index in [1.165, 1.54) is 19.3 Å². The van der Waals surface area contributed by atoms with Crippen molar-refractivity contribution in [2.75, 3.05) is 5.75 Å². The number of benzene rings is 1. The van der Waals surface area contributed by atoms with E-state index in [1.807, 2.05) is 24.3 Å². The van der Waals surface area contributed by atoms with Crippen molar-refractivity contribution in [3.63, 3.8) is 0 Å². The van der Waals surface area contributed by atoms with E-state index in [0.29, 0.717) is 25.4 Å². The average molecular weight is 395 g/mol. The molecule has 0 N–H and O–H groups in total. The Hall–Kier alpha value is -1.36. The maximum Gasteiger partial charge on any atom is 0.152 e. The smallest absolute Gasteiger partial charge is 0.152 e. The predicted molar refractivity (Wildman–Crippen MR) is 110 cm³/mol. The van der Waals surface area contributed by atoms with E-state index in [0.717, 1.165) is 37.0 Å². The molecular formula is C22H34O4S. The highest BCUT2D eigenvalue weighted by molar-refractivity contribution is 7.91. The lowest BCUT2D eigenvalue weighted by Crippen LogP contribution is -2.19. The minimum Gasteiger partial charge on any atom is -0.490 e. The first-order chi connectivity index (χ1) is 12.9. The lowest BCUT2D eigenvalue weighted by molar-refractivity contribution is -0.118. The van der Waals surface area contributed by atoms with Crippen LogP contribution in [0.3, 0.4) is 0 Å². The Labute approximate surface area is 164 Å². The summed E-state index contributed by atoms with van der Waals surface area (Å²) < 4.78 is 29.6. The molecule has 0 aliphatic heterocycles. The molecule has 1 aromatic rings. The van der Waals surface area contributed by atoms with Crippen LogP contribution in [0.4, 0.5) is 0 Å². The number of carbonyl (C=O) groups is 1. The van der Waals surface area contributed by atoms with Crippen LogP contribution in [0.5, 0.6) is 5.75 Å². The molecule has 0 atom stereocenters. The normalized spacial score (nSPS) is 15.8. The zero-order chi connectivity index (χ0) is 19.7. The van der Waals surface area contributed by atoms with Gasteiger partial charge in [-0.3, -0.25) is 4.79 Å². The first kappa shape index (κ1) is 21.9. The second-order valence-corrected chi connectivity index (χ2v) is 10.6. The number of Topliss-reactive ketones (excluding diaryl/α,β-unsaturated/α-hetero) is 1. The van der Waals surface area contributed by atoms with E-state index in [9.17, 15) is 13.2 Å². The van der Waals surface area contributed by atoms with Crippen LogP contribution in [0.2, 0.25) is 0 Å². The lowest BCUT2D eigenvalue weighted by Gasteiger charge is -2.23. The van der Waals surface area contributed by atoms with Gasteiger partial charge in [-0.25, -0.2) is 8.42 Å². The van der Waals surface area contributed by atoms with Crippen molar-refractivity contribution in [2.45, 2.75) is 89.4 Å². The van der Waals surface area contributed by atoms with Crippen molar-refractivity contribution < 1.29 is 17.9 Å². The molecule has 1 aromatic carbocycles. The van der Waals surface area contributed by atoms with Crippen LogP contribution in [0, 0.1) is 0 Å². The van der Waals surface area contributed by atoms with Gasteiger partial charge in [-0.1, -0.05) is 25.0 Å². The third kappa shape index (κ3) is 8.04. The third-order valence-corrected chi connectivity index (χ3v) is 7.55. The van der Waals surface area contributed by atoms with Crippen LogP contribution >= 0.6 is 0 Å². The fraction of sp³-hybridized carbons (Fsp3) is 0.682. The first-order valence-electron chi connectivity index (χ1n) is 10.4. The number of sulfone groups is 1. The molecule has 0 amide bonds. The van der Waals surface area contributed by atoms with Crippen LogP contribution in [-0.4, -0.2) is 31.3 Å². The summed E-state index contributed by atoms with van der Waals surface area (Å²) in [5, 5.41) is -0.317. The van der Waals surface area contributed by atoms with E-state index in [4.69, 9.17) is 4.74 Å². The fourth-order valence-electron chi connectivity index (χ4n) is 3.46. The van der Waals surface area contributed by atoms with Crippen LogP contribution in [0.15, 0.2) is 24.3 Å². The number of rotatable bonds is 11. The molecule has 0 spiro atoms. The molecule has 4 nitrogen and oxygen atoms in total. The average Bonchev–Trinajstić information content (AvgIpc) is 2.62. The summed E-state index contributed by atoms with van der Waals surface area (Å²) in [7, 11) is -2.96.